The minimum Gasteiger partial charge on any atom is -0.462 e. The van der Waals surface area contributed by atoms with E-state index in [0.717, 1.165) is 0 Å². The summed E-state index contributed by atoms with van der Waals surface area (Å²) in [5.74, 6) is -0.635. The van der Waals surface area contributed by atoms with Crippen molar-refractivity contribution in [1.29, 1.82) is 0 Å². The lowest BCUT2D eigenvalue weighted by atomic mass is 9.99. The molecule has 2 aromatic rings. The molecule has 4 nitrogen and oxygen atoms in total. The van der Waals surface area contributed by atoms with Crippen molar-refractivity contribution in [3.05, 3.63) is 58.4 Å². The monoisotopic (exact) mass is 271 g/mol. The van der Waals surface area contributed by atoms with Gasteiger partial charge in [-0.1, -0.05) is 30.3 Å². The zero-order valence-electron chi connectivity index (χ0n) is 11.8. The van der Waals surface area contributed by atoms with Crippen LogP contribution in [0.15, 0.2) is 30.3 Å². The predicted octanol–water partition coefficient (Wildman–Crippen LogP) is 3.04. The number of H-pyrrole nitrogens is 1. The van der Waals surface area contributed by atoms with Crippen LogP contribution in [0.25, 0.3) is 0 Å². The van der Waals surface area contributed by atoms with Crippen molar-refractivity contribution in [2.75, 3.05) is 6.61 Å². The number of hydrogen-bond acceptors (Lipinski definition) is 3. The Balaban J connectivity index is 2.51. The molecule has 0 atom stereocenters. The van der Waals surface area contributed by atoms with E-state index in [-0.39, 0.29) is 12.4 Å². The molecule has 1 aromatic heterocycles. The van der Waals surface area contributed by atoms with Crippen LogP contribution in [0, 0.1) is 13.8 Å². The molecule has 0 fully saturated rings. The van der Waals surface area contributed by atoms with Gasteiger partial charge < -0.3 is 9.72 Å². The number of rotatable bonds is 4. The SMILES string of the molecule is CCOC(=O)c1c(C)[nH]c(C)c1C(=O)c1ccccc1. The van der Waals surface area contributed by atoms with Crippen LogP contribution in [0.4, 0.5) is 0 Å². The average molecular weight is 271 g/mol. The van der Waals surface area contributed by atoms with E-state index in [2.05, 4.69) is 4.98 Å². The molecule has 0 unspecified atom stereocenters. The fraction of sp³-hybridized carbons (Fsp3) is 0.250. The van der Waals surface area contributed by atoms with Crippen LogP contribution in [0.1, 0.15) is 44.6 Å². The van der Waals surface area contributed by atoms with Gasteiger partial charge in [-0.3, -0.25) is 4.79 Å². The summed E-state index contributed by atoms with van der Waals surface area (Å²) < 4.78 is 5.04. The highest BCUT2D eigenvalue weighted by atomic mass is 16.5. The normalized spacial score (nSPS) is 10.3. The van der Waals surface area contributed by atoms with E-state index in [1.54, 1.807) is 45.0 Å². The number of ether oxygens (including phenoxy) is 1. The molecule has 0 bridgehead atoms. The Hall–Kier alpha value is -2.36. The molecule has 4 heteroatoms. The van der Waals surface area contributed by atoms with Gasteiger partial charge in [-0.15, -0.1) is 0 Å². The number of aromatic amines is 1. The van der Waals surface area contributed by atoms with Crippen molar-refractivity contribution in [2.24, 2.45) is 0 Å². The molecule has 0 aliphatic carbocycles. The predicted molar refractivity (Wildman–Crippen MR) is 76.1 cm³/mol. The number of ketones is 1. The number of nitrogens with one attached hydrogen (secondary N) is 1. The maximum atomic E-state index is 12.6. The molecule has 0 spiro atoms. The van der Waals surface area contributed by atoms with Gasteiger partial charge in [-0.2, -0.15) is 0 Å². The second-order valence-electron chi connectivity index (χ2n) is 4.54. The van der Waals surface area contributed by atoms with Crippen LogP contribution in [0.3, 0.4) is 0 Å². The van der Waals surface area contributed by atoms with Gasteiger partial charge in [0, 0.05) is 17.0 Å². The molecule has 20 heavy (non-hydrogen) atoms. The summed E-state index contributed by atoms with van der Waals surface area (Å²) in [6, 6.07) is 8.91. The number of aromatic nitrogens is 1. The second-order valence-corrected chi connectivity index (χ2v) is 4.54. The highest BCUT2D eigenvalue weighted by Crippen LogP contribution is 2.22. The first-order valence-corrected chi connectivity index (χ1v) is 6.52. The van der Waals surface area contributed by atoms with Crippen molar-refractivity contribution in [3.63, 3.8) is 0 Å². The standard InChI is InChI=1S/C16H17NO3/c1-4-20-16(19)14-11(3)17-10(2)13(14)15(18)12-8-6-5-7-9-12/h5-9,17H,4H2,1-3H3. The highest BCUT2D eigenvalue weighted by molar-refractivity contribution is 6.15. The lowest BCUT2D eigenvalue weighted by Gasteiger charge is -2.05. The topological polar surface area (TPSA) is 59.2 Å². The average Bonchev–Trinajstić information content (AvgIpc) is 2.74. The van der Waals surface area contributed by atoms with Crippen LogP contribution in [0.5, 0.6) is 0 Å². The van der Waals surface area contributed by atoms with E-state index >= 15 is 0 Å². The molecular weight excluding hydrogens is 254 g/mol. The van der Waals surface area contributed by atoms with E-state index in [0.29, 0.717) is 28.1 Å². The van der Waals surface area contributed by atoms with E-state index in [9.17, 15) is 9.59 Å². The van der Waals surface area contributed by atoms with Crippen molar-refractivity contribution >= 4 is 11.8 Å². The van der Waals surface area contributed by atoms with Crippen LogP contribution in [0.2, 0.25) is 0 Å². The molecule has 2 rings (SSSR count). The third-order valence-corrected chi connectivity index (χ3v) is 3.12. The zero-order chi connectivity index (χ0) is 14.7. The number of aryl methyl sites for hydroxylation is 2. The lowest BCUT2D eigenvalue weighted by molar-refractivity contribution is 0.0523. The van der Waals surface area contributed by atoms with Gasteiger partial charge in [0.25, 0.3) is 0 Å². The van der Waals surface area contributed by atoms with Crippen molar-refractivity contribution in [2.45, 2.75) is 20.8 Å². The van der Waals surface area contributed by atoms with Gasteiger partial charge in [0.1, 0.15) is 0 Å². The summed E-state index contributed by atoms with van der Waals surface area (Å²) in [5.41, 5.74) is 2.62. The summed E-state index contributed by atoms with van der Waals surface area (Å²) in [5, 5.41) is 0. The first-order chi connectivity index (χ1) is 9.56. The molecule has 104 valence electrons. The Kier molecular flexibility index (Phi) is 4.03. The summed E-state index contributed by atoms with van der Waals surface area (Å²) in [4.78, 5) is 27.7. The van der Waals surface area contributed by atoms with Crippen LogP contribution in [-0.2, 0) is 4.74 Å². The second kappa shape index (κ2) is 5.74. The molecule has 0 saturated carbocycles. The highest BCUT2D eigenvalue weighted by Gasteiger charge is 2.25. The van der Waals surface area contributed by atoms with Crippen LogP contribution in [-0.4, -0.2) is 23.3 Å². The molecular formula is C16H17NO3. The van der Waals surface area contributed by atoms with Gasteiger partial charge in [0.15, 0.2) is 5.78 Å². The molecule has 0 radical (unpaired) electrons. The van der Waals surface area contributed by atoms with Crippen molar-refractivity contribution < 1.29 is 14.3 Å². The van der Waals surface area contributed by atoms with E-state index in [1.807, 2.05) is 6.07 Å². The first-order valence-electron chi connectivity index (χ1n) is 6.52. The maximum absolute atomic E-state index is 12.6. The number of carbonyl (C=O) groups is 2. The number of hydrogen-bond donors (Lipinski definition) is 1. The Morgan fingerprint density at radius 2 is 1.65 bits per heavy atom. The van der Waals surface area contributed by atoms with Crippen LogP contribution < -0.4 is 0 Å². The zero-order valence-corrected chi connectivity index (χ0v) is 11.8. The quantitative estimate of drug-likeness (QED) is 0.687. The fourth-order valence-corrected chi connectivity index (χ4v) is 2.26. The van der Waals surface area contributed by atoms with Crippen molar-refractivity contribution in [3.8, 4) is 0 Å². The van der Waals surface area contributed by atoms with E-state index in [1.165, 1.54) is 0 Å². The molecule has 0 aliphatic heterocycles. The minimum atomic E-state index is -0.464. The Morgan fingerprint density at radius 3 is 2.25 bits per heavy atom. The van der Waals surface area contributed by atoms with E-state index in [4.69, 9.17) is 4.74 Å². The third kappa shape index (κ3) is 2.50. The molecule has 1 aromatic carbocycles. The minimum absolute atomic E-state index is 0.171. The number of esters is 1. The number of benzene rings is 1. The Morgan fingerprint density at radius 1 is 1.05 bits per heavy atom. The smallest absolute Gasteiger partial charge is 0.340 e. The summed E-state index contributed by atoms with van der Waals surface area (Å²) in [6.45, 7) is 5.57. The molecule has 0 amide bonds. The van der Waals surface area contributed by atoms with Gasteiger partial charge >= 0.3 is 5.97 Å². The Labute approximate surface area is 117 Å². The first kappa shape index (κ1) is 14.1. The Bertz CT molecular complexity index is 641. The lowest BCUT2D eigenvalue weighted by Crippen LogP contribution is -2.12. The maximum Gasteiger partial charge on any atom is 0.340 e. The van der Waals surface area contributed by atoms with Gasteiger partial charge in [0.2, 0.25) is 0 Å². The van der Waals surface area contributed by atoms with Gasteiger partial charge in [0.05, 0.1) is 17.7 Å². The van der Waals surface area contributed by atoms with Gasteiger partial charge in [-0.05, 0) is 20.8 Å². The fourth-order valence-electron chi connectivity index (χ4n) is 2.26. The summed E-state index contributed by atoms with van der Waals surface area (Å²) in [7, 11) is 0. The molecule has 0 aliphatic rings. The summed E-state index contributed by atoms with van der Waals surface area (Å²) in [6.07, 6.45) is 0. The summed E-state index contributed by atoms with van der Waals surface area (Å²) >= 11 is 0. The van der Waals surface area contributed by atoms with E-state index < -0.39 is 5.97 Å². The molecule has 1 N–H and O–H groups in total. The van der Waals surface area contributed by atoms with Crippen LogP contribution >= 0.6 is 0 Å². The van der Waals surface area contributed by atoms with Crippen molar-refractivity contribution in [1.82, 2.24) is 4.98 Å². The third-order valence-electron chi connectivity index (χ3n) is 3.12. The van der Waals surface area contributed by atoms with Gasteiger partial charge in [-0.25, -0.2) is 4.79 Å². The molecule has 1 heterocycles. The molecule has 0 saturated heterocycles. The largest absolute Gasteiger partial charge is 0.462 e. The number of carbonyl (C=O) groups excluding carboxylic acids is 2.